The van der Waals surface area contributed by atoms with Crippen LogP contribution in [-0.4, -0.2) is 35.6 Å². The molecule has 0 bridgehead atoms. The van der Waals surface area contributed by atoms with Crippen LogP contribution >= 0.6 is 0 Å². The average Bonchev–Trinajstić information content (AvgIpc) is 2.12. The highest BCUT2D eigenvalue weighted by Crippen LogP contribution is 2.27. The van der Waals surface area contributed by atoms with Gasteiger partial charge in [0.05, 0.1) is 0 Å². The van der Waals surface area contributed by atoms with Gasteiger partial charge in [0.15, 0.2) is 5.54 Å². The van der Waals surface area contributed by atoms with Crippen molar-refractivity contribution in [3.63, 3.8) is 0 Å². The lowest BCUT2D eigenvalue weighted by atomic mass is 10.0. The number of nitrogens with one attached hydrogen (secondary N) is 2. The van der Waals surface area contributed by atoms with Crippen molar-refractivity contribution in [2.75, 3.05) is 6.54 Å². The summed E-state index contributed by atoms with van der Waals surface area (Å²) in [7, 11) is 0. The number of amides is 2. The Kier molecular flexibility index (Phi) is 5.37. The van der Waals surface area contributed by atoms with Crippen LogP contribution < -0.4 is 16.4 Å². The zero-order valence-corrected chi connectivity index (χ0v) is 11.4. The molecular weight excluding hydrogens is 263 g/mol. The lowest BCUT2D eigenvalue weighted by Crippen LogP contribution is -2.61. The molecule has 0 radical (unpaired) electrons. The van der Waals surface area contributed by atoms with Gasteiger partial charge in [-0.1, -0.05) is 0 Å². The zero-order valence-electron chi connectivity index (χ0n) is 11.4. The molecular formula is C11H20F3N3O2. The Bertz CT molecular complexity index is 346. The summed E-state index contributed by atoms with van der Waals surface area (Å²) in [5.41, 5.74) is 1.52. The molecule has 112 valence electrons. The van der Waals surface area contributed by atoms with Crippen LogP contribution in [0.4, 0.5) is 13.2 Å². The van der Waals surface area contributed by atoms with E-state index in [4.69, 9.17) is 5.73 Å². The molecule has 0 aromatic carbocycles. The van der Waals surface area contributed by atoms with Crippen LogP contribution in [0.25, 0.3) is 0 Å². The van der Waals surface area contributed by atoms with Gasteiger partial charge < -0.3 is 16.4 Å². The van der Waals surface area contributed by atoms with E-state index in [2.05, 4.69) is 5.32 Å². The smallest absolute Gasteiger partial charge is 0.354 e. The minimum Gasteiger partial charge on any atom is -0.354 e. The fourth-order valence-electron chi connectivity index (χ4n) is 1.08. The molecule has 0 aliphatic carbocycles. The number of hydrogen-bond donors (Lipinski definition) is 3. The van der Waals surface area contributed by atoms with E-state index in [0.29, 0.717) is 6.92 Å². The van der Waals surface area contributed by atoms with Gasteiger partial charge in [-0.05, 0) is 27.7 Å². The summed E-state index contributed by atoms with van der Waals surface area (Å²) in [5, 5.41) is 4.62. The van der Waals surface area contributed by atoms with Crippen molar-refractivity contribution < 1.29 is 22.8 Å². The Morgan fingerprint density at radius 2 is 1.58 bits per heavy atom. The van der Waals surface area contributed by atoms with Crippen LogP contribution in [-0.2, 0) is 9.59 Å². The van der Waals surface area contributed by atoms with Crippen LogP contribution in [0.2, 0.25) is 0 Å². The van der Waals surface area contributed by atoms with Gasteiger partial charge in [-0.3, -0.25) is 9.59 Å². The topological polar surface area (TPSA) is 84.2 Å². The van der Waals surface area contributed by atoms with Crippen LogP contribution in [0.3, 0.4) is 0 Å². The average molecular weight is 283 g/mol. The molecule has 0 saturated carbocycles. The number of hydrogen-bond acceptors (Lipinski definition) is 3. The van der Waals surface area contributed by atoms with Crippen LogP contribution in [0.5, 0.6) is 0 Å². The van der Waals surface area contributed by atoms with Gasteiger partial charge in [0, 0.05) is 18.5 Å². The quantitative estimate of drug-likeness (QED) is 0.709. The molecule has 0 aliphatic rings. The molecule has 1 atom stereocenters. The van der Waals surface area contributed by atoms with E-state index >= 15 is 0 Å². The highest BCUT2D eigenvalue weighted by molar-refractivity contribution is 5.87. The first-order valence-corrected chi connectivity index (χ1v) is 5.72. The van der Waals surface area contributed by atoms with Crippen molar-refractivity contribution in [3.05, 3.63) is 0 Å². The van der Waals surface area contributed by atoms with Crippen molar-refractivity contribution in [1.29, 1.82) is 0 Å². The van der Waals surface area contributed by atoms with Crippen molar-refractivity contribution in [2.45, 2.75) is 51.4 Å². The van der Waals surface area contributed by atoms with E-state index < -0.39 is 23.2 Å². The maximum Gasteiger partial charge on any atom is 0.415 e. The Balaban J connectivity index is 4.23. The third-order valence-electron chi connectivity index (χ3n) is 2.21. The van der Waals surface area contributed by atoms with E-state index in [-0.39, 0.29) is 18.9 Å². The third-order valence-corrected chi connectivity index (χ3v) is 2.21. The molecule has 4 N–H and O–H groups in total. The lowest BCUT2D eigenvalue weighted by molar-refractivity contribution is -0.187. The van der Waals surface area contributed by atoms with Crippen molar-refractivity contribution in [2.24, 2.45) is 5.73 Å². The Morgan fingerprint density at radius 3 is 1.95 bits per heavy atom. The Hall–Kier alpha value is -1.31. The minimum atomic E-state index is -4.84. The first-order valence-electron chi connectivity index (χ1n) is 5.72. The zero-order chi connectivity index (χ0) is 15.5. The minimum absolute atomic E-state index is 0.114. The molecule has 0 heterocycles. The van der Waals surface area contributed by atoms with Crippen molar-refractivity contribution in [3.8, 4) is 0 Å². The standard InChI is InChI=1S/C11H20F3N3O2/c1-9(2,3)17-7(18)5-6-16-8(19)10(4,15)11(12,13)14/h5-6,15H2,1-4H3,(H,16,19)(H,17,18). The second kappa shape index (κ2) is 5.77. The molecule has 19 heavy (non-hydrogen) atoms. The number of halogens is 3. The summed E-state index contributed by atoms with van der Waals surface area (Å²) < 4.78 is 37.3. The predicted molar refractivity (Wildman–Crippen MR) is 64.2 cm³/mol. The van der Waals surface area contributed by atoms with Gasteiger partial charge in [0.2, 0.25) is 11.8 Å². The Labute approximate surface area is 110 Å². The first kappa shape index (κ1) is 17.7. The van der Waals surface area contributed by atoms with Gasteiger partial charge in [0.1, 0.15) is 0 Å². The van der Waals surface area contributed by atoms with Gasteiger partial charge in [-0.2, -0.15) is 13.2 Å². The molecule has 5 nitrogen and oxygen atoms in total. The third kappa shape index (κ3) is 5.91. The summed E-state index contributed by atoms with van der Waals surface area (Å²) >= 11 is 0. The highest BCUT2D eigenvalue weighted by atomic mass is 19.4. The molecule has 8 heteroatoms. The normalized spacial score (nSPS) is 15.6. The SMILES string of the molecule is CC(C)(C)NC(=O)CCNC(=O)C(C)(N)C(F)(F)F. The molecule has 0 aliphatic heterocycles. The maximum absolute atomic E-state index is 12.4. The number of rotatable bonds is 4. The fourth-order valence-corrected chi connectivity index (χ4v) is 1.08. The number of carbonyl (C=O) groups is 2. The van der Waals surface area contributed by atoms with Gasteiger partial charge in [-0.25, -0.2) is 0 Å². The Morgan fingerprint density at radius 1 is 1.11 bits per heavy atom. The summed E-state index contributed by atoms with van der Waals surface area (Å²) in [6.45, 7) is 5.68. The molecule has 0 saturated heterocycles. The van der Waals surface area contributed by atoms with E-state index in [9.17, 15) is 22.8 Å². The van der Waals surface area contributed by atoms with Crippen molar-refractivity contribution >= 4 is 11.8 Å². The number of carbonyl (C=O) groups excluding carboxylic acids is 2. The summed E-state index contributed by atoms with van der Waals surface area (Å²) in [6.07, 6.45) is -4.96. The van der Waals surface area contributed by atoms with Crippen molar-refractivity contribution in [1.82, 2.24) is 10.6 Å². The summed E-state index contributed by atoms with van der Waals surface area (Å²) in [4.78, 5) is 22.7. The van der Waals surface area contributed by atoms with E-state index in [1.807, 2.05) is 5.32 Å². The van der Waals surface area contributed by atoms with Crippen LogP contribution in [0.15, 0.2) is 0 Å². The first-order chi connectivity index (χ1) is 8.27. The highest BCUT2D eigenvalue weighted by Gasteiger charge is 2.53. The molecule has 0 spiro atoms. The number of alkyl halides is 3. The largest absolute Gasteiger partial charge is 0.415 e. The molecule has 0 rings (SSSR count). The molecule has 0 aromatic heterocycles. The molecule has 0 aromatic rings. The second-order valence-corrected chi connectivity index (χ2v) is 5.50. The van der Waals surface area contributed by atoms with Gasteiger partial charge in [-0.15, -0.1) is 0 Å². The second-order valence-electron chi connectivity index (χ2n) is 5.50. The monoisotopic (exact) mass is 283 g/mol. The molecule has 2 amide bonds. The molecule has 1 unspecified atom stereocenters. The van der Waals surface area contributed by atoms with Crippen LogP contribution in [0, 0.1) is 0 Å². The van der Waals surface area contributed by atoms with Gasteiger partial charge >= 0.3 is 6.18 Å². The lowest BCUT2D eigenvalue weighted by Gasteiger charge is -2.26. The van der Waals surface area contributed by atoms with Gasteiger partial charge in [0.25, 0.3) is 0 Å². The van der Waals surface area contributed by atoms with E-state index in [1.165, 1.54) is 0 Å². The summed E-state index contributed by atoms with van der Waals surface area (Å²) in [6, 6.07) is 0. The fraction of sp³-hybridized carbons (Fsp3) is 0.818. The van der Waals surface area contributed by atoms with E-state index in [1.54, 1.807) is 20.8 Å². The molecule has 0 fully saturated rings. The number of nitrogens with two attached hydrogens (primary N) is 1. The summed E-state index contributed by atoms with van der Waals surface area (Å²) in [5.74, 6) is -1.72. The predicted octanol–water partition coefficient (Wildman–Crippen LogP) is 0.687. The maximum atomic E-state index is 12.4. The van der Waals surface area contributed by atoms with Crippen LogP contribution in [0.1, 0.15) is 34.1 Å². The van der Waals surface area contributed by atoms with E-state index in [0.717, 1.165) is 0 Å².